The van der Waals surface area contributed by atoms with E-state index in [1.807, 2.05) is 48.9 Å². The third kappa shape index (κ3) is 6.41. The molecule has 1 aliphatic carbocycles. The first-order valence-electron chi connectivity index (χ1n) is 14.7. The molecule has 11 nitrogen and oxygen atoms in total. The highest BCUT2D eigenvalue weighted by Gasteiger charge is 2.30. The minimum absolute atomic E-state index is 0.0925. The number of rotatable bonds is 8. The van der Waals surface area contributed by atoms with Crippen LogP contribution >= 0.6 is 0 Å². The van der Waals surface area contributed by atoms with E-state index in [0.29, 0.717) is 35.2 Å². The third-order valence-electron chi connectivity index (χ3n) is 8.15. The van der Waals surface area contributed by atoms with Crippen molar-refractivity contribution in [1.82, 2.24) is 35.7 Å². The maximum Gasteiger partial charge on any atom is 0.251 e. The molecule has 4 aromatic rings. The highest BCUT2D eigenvalue weighted by Crippen LogP contribution is 2.27. The zero-order chi connectivity index (χ0) is 28.9. The third-order valence-corrected chi connectivity index (χ3v) is 8.15. The second-order valence-corrected chi connectivity index (χ2v) is 11.1. The summed E-state index contributed by atoms with van der Waals surface area (Å²) < 4.78 is 5.06. The molecule has 2 aliphatic rings. The van der Waals surface area contributed by atoms with Gasteiger partial charge in [0.15, 0.2) is 0 Å². The van der Waals surface area contributed by atoms with Crippen molar-refractivity contribution in [2.45, 2.75) is 63.6 Å². The van der Waals surface area contributed by atoms with Crippen LogP contribution in [0.3, 0.4) is 0 Å². The molecule has 42 heavy (non-hydrogen) atoms. The summed E-state index contributed by atoms with van der Waals surface area (Å²) >= 11 is 0. The maximum atomic E-state index is 12.1. The van der Waals surface area contributed by atoms with Gasteiger partial charge in [0.05, 0.1) is 18.1 Å². The average Bonchev–Trinajstić information content (AvgIpc) is 3.48. The van der Waals surface area contributed by atoms with Crippen LogP contribution in [-0.2, 0) is 0 Å². The van der Waals surface area contributed by atoms with E-state index in [1.165, 1.54) is 12.8 Å². The normalized spacial score (nSPS) is 20.7. The Hall–Kier alpha value is -4.38. The number of aryl methyl sites for hydroxylation is 1. The van der Waals surface area contributed by atoms with Crippen LogP contribution in [0.4, 0.5) is 11.5 Å². The maximum absolute atomic E-state index is 12.1. The minimum atomic E-state index is -0.0925. The van der Waals surface area contributed by atoms with Gasteiger partial charge in [0.25, 0.3) is 5.91 Å². The van der Waals surface area contributed by atoms with Crippen molar-refractivity contribution in [1.29, 1.82) is 0 Å². The lowest BCUT2D eigenvalue weighted by Crippen LogP contribution is -2.55. The monoisotopic (exact) mass is 567 g/mol. The van der Waals surface area contributed by atoms with E-state index in [0.717, 1.165) is 61.4 Å². The number of benzene rings is 1. The molecule has 0 bridgehead atoms. The van der Waals surface area contributed by atoms with Gasteiger partial charge < -0.3 is 25.4 Å². The Balaban J connectivity index is 1.10. The van der Waals surface area contributed by atoms with E-state index in [9.17, 15) is 4.79 Å². The second-order valence-electron chi connectivity index (χ2n) is 11.1. The molecule has 0 radical (unpaired) electrons. The molecule has 3 aromatic heterocycles. The summed E-state index contributed by atoms with van der Waals surface area (Å²) in [6.07, 6.45) is 12.4. The second kappa shape index (κ2) is 12.6. The van der Waals surface area contributed by atoms with E-state index in [4.69, 9.17) is 4.52 Å². The molecule has 3 unspecified atom stereocenters. The predicted molar refractivity (Wildman–Crippen MR) is 161 cm³/mol. The van der Waals surface area contributed by atoms with Crippen LogP contribution in [0.5, 0.6) is 0 Å². The molecule has 1 amide bonds. The van der Waals surface area contributed by atoms with Gasteiger partial charge in [-0.05, 0) is 61.1 Å². The number of carbonyl (C=O) groups is 1. The van der Waals surface area contributed by atoms with Crippen LogP contribution in [0.1, 0.15) is 54.8 Å². The smallest absolute Gasteiger partial charge is 0.251 e. The van der Waals surface area contributed by atoms with E-state index < -0.39 is 0 Å². The lowest BCUT2D eigenvalue weighted by molar-refractivity contribution is 0.0963. The van der Waals surface area contributed by atoms with Crippen LogP contribution in [-0.4, -0.2) is 69.3 Å². The first kappa shape index (κ1) is 27.8. The summed E-state index contributed by atoms with van der Waals surface area (Å²) in [6, 6.07) is 12.8. The van der Waals surface area contributed by atoms with Crippen molar-refractivity contribution >= 4 is 17.4 Å². The molecular formula is C31H37N9O2. The van der Waals surface area contributed by atoms with Crippen LogP contribution in [0.2, 0.25) is 0 Å². The van der Waals surface area contributed by atoms with Gasteiger partial charge in [-0.1, -0.05) is 30.1 Å². The Labute approximate surface area is 245 Å². The Morgan fingerprint density at radius 1 is 0.952 bits per heavy atom. The first-order chi connectivity index (χ1) is 20.6. The fourth-order valence-corrected chi connectivity index (χ4v) is 6.01. The topological polar surface area (TPSA) is 134 Å². The number of hydrogen-bond donors (Lipinski definition) is 3. The molecule has 4 heterocycles. The Morgan fingerprint density at radius 2 is 1.76 bits per heavy atom. The Morgan fingerprint density at radius 3 is 2.55 bits per heavy atom. The highest BCUT2D eigenvalue weighted by molar-refractivity contribution is 5.95. The fourth-order valence-electron chi connectivity index (χ4n) is 6.01. The van der Waals surface area contributed by atoms with Crippen LogP contribution in [0.25, 0.3) is 22.8 Å². The summed E-state index contributed by atoms with van der Waals surface area (Å²) in [7, 11) is 1.65. The molecular weight excluding hydrogens is 530 g/mol. The Bertz CT molecular complexity index is 1510. The SMILES string of the molecule is CNC(=O)c1cccc(-c2ccnc(NC3CCCCC3NC3CCCN(c4cnc(-c5noc(C)n5)nc4)C3)c2)c1. The lowest BCUT2D eigenvalue weighted by Gasteiger charge is -2.40. The van der Waals surface area contributed by atoms with Crippen molar-refractivity contribution in [3.05, 3.63) is 66.4 Å². The first-order valence-corrected chi connectivity index (χ1v) is 14.7. The standard InChI is InChI=1S/C31H37N9O2/c1-20-36-30(39-42-20)29-34-17-25(18-35-29)40-14-6-9-24(19-40)37-26-10-3-4-11-27(26)38-28-16-22(12-13-33-28)21-7-5-8-23(15-21)31(41)32-2/h5,7-8,12-13,15-18,24,26-27,37H,3-4,6,9-11,14,19H2,1-2H3,(H,32,41)(H,33,38). The molecule has 3 atom stereocenters. The molecule has 1 aliphatic heterocycles. The van der Waals surface area contributed by atoms with E-state index in [-0.39, 0.29) is 11.9 Å². The van der Waals surface area contributed by atoms with Crippen molar-refractivity contribution in [3.8, 4) is 22.8 Å². The summed E-state index contributed by atoms with van der Waals surface area (Å²) in [6.45, 7) is 3.64. The summed E-state index contributed by atoms with van der Waals surface area (Å²) in [5.41, 5.74) is 3.67. The van der Waals surface area contributed by atoms with Crippen LogP contribution < -0.4 is 20.9 Å². The Kier molecular flexibility index (Phi) is 8.36. The number of nitrogens with zero attached hydrogens (tertiary/aromatic N) is 6. The molecule has 11 heteroatoms. The van der Waals surface area contributed by atoms with Gasteiger partial charge in [-0.3, -0.25) is 4.79 Å². The van der Waals surface area contributed by atoms with E-state index in [2.05, 4.69) is 52.0 Å². The van der Waals surface area contributed by atoms with Gasteiger partial charge in [-0.15, -0.1) is 0 Å². The number of hydrogen-bond acceptors (Lipinski definition) is 10. The number of pyridine rings is 1. The van der Waals surface area contributed by atoms with Crippen molar-refractivity contribution in [2.24, 2.45) is 0 Å². The van der Waals surface area contributed by atoms with E-state index in [1.54, 1.807) is 14.0 Å². The van der Waals surface area contributed by atoms with Gasteiger partial charge in [-0.2, -0.15) is 4.98 Å². The molecule has 1 aromatic carbocycles. The summed E-state index contributed by atoms with van der Waals surface area (Å²) in [5.74, 6) is 2.14. The van der Waals surface area contributed by atoms with Gasteiger partial charge >= 0.3 is 0 Å². The fraction of sp³-hybridized carbons (Fsp3) is 0.419. The van der Waals surface area contributed by atoms with Crippen molar-refractivity contribution in [3.63, 3.8) is 0 Å². The zero-order valence-corrected chi connectivity index (χ0v) is 24.1. The summed E-state index contributed by atoms with van der Waals surface area (Å²) in [5, 5.41) is 14.3. The molecule has 218 valence electrons. The number of aromatic nitrogens is 5. The molecule has 0 spiro atoms. The molecule has 1 saturated heterocycles. The number of nitrogens with one attached hydrogen (secondary N) is 3. The highest BCUT2D eigenvalue weighted by atomic mass is 16.5. The van der Waals surface area contributed by atoms with Gasteiger partial charge in [0.1, 0.15) is 5.82 Å². The minimum Gasteiger partial charge on any atom is -0.367 e. The van der Waals surface area contributed by atoms with Crippen LogP contribution in [0, 0.1) is 6.92 Å². The van der Waals surface area contributed by atoms with E-state index >= 15 is 0 Å². The number of piperidine rings is 1. The van der Waals surface area contributed by atoms with Crippen molar-refractivity contribution < 1.29 is 9.32 Å². The lowest BCUT2D eigenvalue weighted by atomic mass is 9.89. The number of amides is 1. The molecule has 6 rings (SSSR count). The van der Waals surface area contributed by atoms with Gasteiger partial charge in [0, 0.05) is 56.9 Å². The average molecular weight is 568 g/mol. The zero-order valence-electron chi connectivity index (χ0n) is 24.1. The van der Waals surface area contributed by atoms with Gasteiger partial charge in [0.2, 0.25) is 17.5 Å². The molecule has 1 saturated carbocycles. The number of anilines is 2. The van der Waals surface area contributed by atoms with Crippen molar-refractivity contribution in [2.75, 3.05) is 30.4 Å². The van der Waals surface area contributed by atoms with Crippen LogP contribution in [0.15, 0.2) is 59.5 Å². The molecule has 3 N–H and O–H groups in total. The molecule has 2 fully saturated rings. The number of carbonyl (C=O) groups excluding carboxylic acids is 1. The quantitative estimate of drug-likeness (QED) is 0.284. The summed E-state index contributed by atoms with van der Waals surface area (Å²) in [4.78, 5) is 32.3. The predicted octanol–water partition coefficient (Wildman–Crippen LogP) is 4.24. The van der Waals surface area contributed by atoms with Gasteiger partial charge in [-0.25, -0.2) is 15.0 Å². The largest absolute Gasteiger partial charge is 0.367 e.